The van der Waals surface area contributed by atoms with E-state index in [9.17, 15) is 9.59 Å². The zero-order valence-corrected chi connectivity index (χ0v) is 15.6. The zero-order chi connectivity index (χ0) is 20.2. The average molecular weight is 386 g/mol. The molecule has 4 rings (SSSR count). The highest BCUT2D eigenvalue weighted by Gasteiger charge is 2.14. The molecule has 4 aromatic rings. The quantitative estimate of drug-likeness (QED) is 0.395. The molecule has 0 aliphatic rings. The number of methoxy groups -OCH3 is 1. The number of fused-ring (bicyclic) bond motifs is 1. The molecule has 0 saturated carbocycles. The number of carbonyl (C=O) groups is 1. The van der Waals surface area contributed by atoms with Gasteiger partial charge in [-0.3, -0.25) is 9.78 Å². The number of hydrogen-bond acceptors (Lipinski definition) is 4. The van der Waals surface area contributed by atoms with Crippen LogP contribution in [0.5, 0.6) is 5.75 Å². The number of anilines is 1. The van der Waals surface area contributed by atoms with Crippen molar-refractivity contribution in [2.45, 2.75) is 0 Å². The highest BCUT2D eigenvalue weighted by molar-refractivity contribution is 6.29. The molecule has 3 aromatic carbocycles. The Kier molecular flexibility index (Phi) is 4.99. The molecule has 0 bridgehead atoms. The first-order chi connectivity index (χ1) is 14.1. The highest BCUT2D eigenvalue weighted by Crippen LogP contribution is 2.26. The van der Waals surface area contributed by atoms with E-state index in [1.807, 2.05) is 54.6 Å². The smallest absolute Gasteiger partial charge is 0.417 e. The maximum absolute atomic E-state index is 13.1. The van der Waals surface area contributed by atoms with Crippen molar-refractivity contribution >= 4 is 34.3 Å². The van der Waals surface area contributed by atoms with Gasteiger partial charge in [-0.05, 0) is 35.9 Å². The van der Waals surface area contributed by atoms with Crippen molar-refractivity contribution in [2.75, 3.05) is 12.4 Å². The normalized spacial score (nSPS) is 11.4. The van der Waals surface area contributed by atoms with Gasteiger partial charge in [0.15, 0.2) is 5.58 Å². The van der Waals surface area contributed by atoms with Crippen LogP contribution in [0.15, 0.2) is 82.0 Å². The molecule has 1 heterocycles. The second-order valence-electron chi connectivity index (χ2n) is 6.35. The molecule has 6 nitrogen and oxygen atoms in total. The fourth-order valence-electron chi connectivity index (χ4n) is 3.07. The summed E-state index contributed by atoms with van der Waals surface area (Å²) in [5, 5.41) is 2.89. The molecule has 0 aliphatic carbocycles. The number of nitrogens with one attached hydrogen (secondary N) is 2. The molecule has 0 spiro atoms. The summed E-state index contributed by atoms with van der Waals surface area (Å²) in [4.78, 5) is 27.1. The van der Waals surface area contributed by atoms with Gasteiger partial charge >= 0.3 is 5.76 Å². The van der Waals surface area contributed by atoms with Gasteiger partial charge in [0.25, 0.3) is 5.91 Å². The van der Waals surface area contributed by atoms with Crippen LogP contribution in [0.3, 0.4) is 0 Å². The number of oxazole rings is 1. The summed E-state index contributed by atoms with van der Waals surface area (Å²) in [5.41, 5.74) is 3.54. The molecule has 0 aliphatic heterocycles. The lowest BCUT2D eigenvalue weighted by Crippen LogP contribution is -2.13. The van der Waals surface area contributed by atoms with E-state index in [1.165, 1.54) is 0 Å². The first-order valence-corrected chi connectivity index (χ1v) is 8.98. The number of hydrogen-bond donors (Lipinski definition) is 2. The Morgan fingerprint density at radius 2 is 1.79 bits per heavy atom. The Morgan fingerprint density at radius 1 is 1.03 bits per heavy atom. The van der Waals surface area contributed by atoms with E-state index in [0.717, 1.165) is 11.1 Å². The summed E-state index contributed by atoms with van der Waals surface area (Å²) in [6, 6.07) is 21.9. The molecule has 0 radical (unpaired) electrons. The van der Waals surface area contributed by atoms with Crippen LogP contribution < -0.4 is 15.8 Å². The summed E-state index contributed by atoms with van der Waals surface area (Å²) in [6.45, 7) is 0. The number of H-pyrrole nitrogens is 1. The first kappa shape index (κ1) is 18.3. The molecule has 6 heteroatoms. The summed E-state index contributed by atoms with van der Waals surface area (Å²) in [6.07, 6.45) is 1.79. The first-order valence-electron chi connectivity index (χ1n) is 8.98. The van der Waals surface area contributed by atoms with Crippen LogP contribution in [0, 0.1) is 0 Å². The third-order valence-electron chi connectivity index (χ3n) is 4.45. The van der Waals surface area contributed by atoms with Crippen LogP contribution >= 0.6 is 0 Å². The largest absolute Gasteiger partial charge is 0.496 e. The van der Waals surface area contributed by atoms with Gasteiger partial charge < -0.3 is 14.5 Å². The minimum Gasteiger partial charge on any atom is -0.496 e. The Labute approximate surface area is 166 Å². The van der Waals surface area contributed by atoms with Crippen molar-refractivity contribution in [1.82, 2.24) is 4.98 Å². The van der Waals surface area contributed by atoms with Gasteiger partial charge in [-0.25, -0.2) is 4.79 Å². The SMILES string of the molecule is COc1ccccc1/C=C(/C(=O)Nc1ccc2oc(=O)[nH]c2c1)c1ccccc1. The summed E-state index contributed by atoms with van der Waals surface area (Å²) < 4.78 is 10.4. The van der Waals surface area contributed by atoms with Crippen LogP contribution in [-0.4, -0.2) is 18.0 Å². The standard InChI is InChI=1S/C23H18N2O4/c1-28-20-10-6-5-9-16(20)13-18(15-7-3-2-4-8-15)22(26)24-17-11-12-21-19(14-17)25-23(27)29-21/h2-14H,1H3,(H,24,26)(H,25,27)/b18-13+. The average Bonchev–Trinajstić information content (AvgIpc) is 3.12. The highest BCUT2D eigenvalue weighted by atomic mass is 16.5. The second kappa shape index (κ2) is 7.90. The van der Waals surface area contributed by atoms with Crippen molar-refractivity contribution in [2.24, 2.45) is 0 Å². The van der Waals surface area contributed by atoms with Gasteiger partial charge in [-0.15, -0.1) is 0 Å². The van der Waals surface area contributed by atoms with Crippen LogP contribution in [0.4, 0.5) is 5.69 Å². The van der Waals surface area contributed by atoms with Gasteiger partial charge in [-0.2, -0.15) is 0 Å². The number of aromatic amines is 1. The number of carbonyl (C=O) groups excluding carboxylic acids is 1. The fourth-order valence-corrected chi connectivity index (χ4v) is 3.07. The summed E-state index contributed by atoms with van der Waals surface area (Å²) in [5.74, 6) is -0.150. The minimum absolute atomic E-state index is 0.285. The van der Waals surface area contributed by atoms with E-state index >= 15 is 0 Å². The van der Waals surface area contributed by atoms with Gasteiger partial charge in [0.05, 0.1) is 12.6 Å². The molecule has 0 saturated heterocycles. The predicted molar refractivity (Wildman–Crippen MR) is 113 cm³/mol. The number of amides is 1. The fraction of sp³-hybridized carbons (Fsp3) is 0.0435. The molecular weight excluding hydrogens is 368 g/mol. The van der Waals surface area contributed by atoms with E-state index in [-0.39, 0.29) is 5.91 Å². The summed E-state index contributed by atoms with van der Waals surface area (Å²) >= 11 is 0. The molecule has 0 unspecified atom stereocenters. The van der Waals surface area contributed by atoms with Crippen molar-refractivity contribution < 1.29 is 13.9 Å². The Morgan fingerprint density at radius 3 is 2.59 bits per heavy atom. The molecule has 29 heavy (non-hydrogen) atoms. The lowest BCUT2D eigenvalue weighted by atomic mass is 10.0. The zero-order valence-electron chi connectivity index (χ0n) is 15.6. The Balaban J connectivity index is 1.73. The van der Waals surface area contributed by atoms with Crippen LogP contribution in [0.2, 0.25) is 0 Å². The Bertz CT molecular complexity index is 1250. The van der Waals surface area contributed by atoms with E-state index in [2.05, 4.69) is 10.3 Å². The maximum atomic E-state index is 13.1. The second-order valence-corrected chi connectivity index (χ2v) is 6.35. The van der Waals surface area contributed by atoms with Crippen LogP contribution in [-0.2, 0) is 4.79 Å². The third kappa shape index (κ3) is 3.96. The monoisotopic (exact) mass is 386 g/mol. The Hall–Kier alpha value is -4.06. The van der Waals surface area contributed by atoms with E-state index in [0.29, 0.717) is 28.1 Å². The van der Waals surface area contributed by atoms with Gasteiger partial charge in [0.1, 0.15) is 5.75 Å². The van der Waals surface area contributed by atoms with Crippen LogP contribution in [0.1, 0.15) is 11.1 Å². The van der Waals surface area contributed by atoms with E-state index in [4.69, 9.17) is 9.15 Å². The maximum Gasteiger partial charge on any atom is 0.417 e. The molecule has 0 atom stereocenters. The predicted octanol–water partition coefficient (Wildman–Crippen LogP) is 4.31. The van der Waals surface area contributed by atoms with Gasteiger partial charge in [0.2, 0.25) is 0 Å². The number of aromatic nitrogens is 1. The van der Waals surface area contributed by atoms with E-state index < -0.39 is 5.76 Å². The molecule has 1 amide bonds. The molecule has 144 valence electrons. The molecular formula is C23H18N2O4. The van der Waals surface area contributed by atoms with Crippen LogP contribution in [0.25, 0.3) is 22.7 Å². The van der Waals surface area contributed by atoms with Gasteiger partial charge in [-0.1, -0.05) is 48.5 Å². The molecule has 2 N–H and O–H groups in total. The number of benzene rings is 3. The van der Waals surface area contributed by atoms with Crippen molar-refractivity contribution in [3.8, 4) is 5.75 Å². The number of rotatable bonds is 5. The lowest BCUT2D eigenvalue weighted by molar-refractivity contribution is -0.111. The lowest BCUT2D eigenvalue weighted by Gasteiger charge is -2.11. The topological polar surface area (TPSA) is 84.3 Å². The van der Waals surface area contributed by atoms with Crippen molar-refractivity contribution in [1.29, 1.82) is 0 Å². The van der Waals surface area contributed by atoms with Crippen molar-refractivity contribution in [3.63, 3.8) is 0 Å². The summed E-state index contributed by atoms with van der Waals surface area (Å²) in [7, 11) is 1.59. The van der Waals surface area contributed by atoms with Crippen molar-refractivity contribution in [3.05, 3.63) is 94.5 Å². The van der Waals surface area contributed by atoms with Gasteiger partial charge in [0, 0.05) is 16.8 Å². The minimum atomic E-state index is -0.537. The third-order valence-corrected chi connectivity index (χ3v) is 4.45. The molecule has 1 aromatic heterocycles. The number of ether oxygens (including phenoxy) is 1. The van der Waals surface area contributed by atoms with E-state index in [1.54, 1.807) is 31.4 Å². The number of para-hydroxylation sites is 1. The molecule has 0 fully saturated rings.